The summed E-state index contributed by atoms with van der Waals surface area (Å²) in [5.74, 6) is 1.72. The molecule has 0 unspecified atom stereocenters. The van der Waals surface area contributed by atoms with Gasteiger partial charge in [-0.3, -0.25) is 0 Å². The van der Waals surface area contributed by atoms with Crippen molar-refractivity contribution >= 4 is 11.0 Å². The highest BCUT2D eigenvalue weighted by Crippen LogP contribution is 2.31. The summed E-state index contributed by atoms with van der Waals surface area (Å²) in [5.41, 5.74) is 5.11. The molecule has 0 spiro atoms. The molecular weight excluding hydrogens is 336 g/mol. The van der Waals surface area contributed by atoms with Crippen molar-refractivity contribution in [1.82, 2.24) is 19.7 Å². The van der Waals surface area contributed by atoms with Crippen LogP contribution in [-0.2, 0) is 13.1 Å². The standard InChI is InChI=1S/C22H24N4O/c1-15-12-16(2)23-22-20(15)21(19-11-10-18(27-19)14-25(3)4)24-26(22)13-17-8-6-5-7-9-17/h5-12H,13-14H2,1-4H3. The number of nitrogens with zero attached hydrogens (tertiary/aromatic N) is 4. The maximum absolute atomic E-state index is 6.09. The molecule has 0 N–H and O–H groups in total. The molecule has 0 atom stereocenters. The molecule has 0 saturated carbocycles. The lowest BCUT2D eigenvalue weighted by Crippen LogP contribution is -2.09. The quantitative estimate of drug-likeness (QED) is 0.529. The van der Waals surface area contributed by atoms with E-state index in [1.165, 1.54) is 5.56 Å². The normalized spacial score (nSPS) is 11.6. The lowest BCUT2D eigenvalue weighted by atomic mass is 10.1. The van der Waals surface area contributed by atoms with Gasteiger partial charge >= 0.3 is 0 Å². The van der Waals surface area contributed by atoms with Crippen LogP contribution in [0.25, 0.3) is 22.5 Å². The van der Waals surface area contributed by atoms with Gasteiger partial charge in [0.15, 0.2) is 11.4 Å². The number of aromatic nitrogens is 3. The van der Waals surface area contributed by atoms with Crippen LogP contribution in [0.2, 0.25) is 0 Å². The van der Waals surface area contributed by atoms with Crippen molar-refractivity contribution < 1.29 is 4.42 Å². The molecule has 3 heterocycles. The number of pyridine rings is 1. The largest absolute Gasteiger partial charge is 0.458 e. The van der Waals surface area contributed by atoms with Crippen LogP contribution >= 0.6 is 0 Å². The van der Waals surface area contributed by atoms with Gasteiger partial charge in [-0.1, -0.05) is 30.3 Å². The molecule has 0 bridgehead atoms. The first-order chi connectivity index (χ1) is 13.0. The first-order valence-electron chi connectivity index (χ1n) is 9.14. The van der Waals surface area contributed by atoms with Crippen LogP contribution in [0.1, 0.15) is 22.6 Å². The zero-order valence-electron chi connectivity index (χ0n) is 16.2. The number of fused-ring (bicyclic) bond motifs is 1. The predicted molar refractivity (Wildman–Crippen MR) is 108 cm³/mol. The Hall–Kier alpha value is -2.92. The SMILES string of the molecule is Cc1cc(C)c2c(-c3ccc(CN(C)C)o3)nn(Cc3ccccc3)c2n1. The lowest BCUT2D eigenvalue weighted by Gasteiger charge is -2.05. The van der Waals surface area contributed by atoms with Gasteiger partial charge in [0.05, 0.1) is 18.5 Å². The summed E-state index contributed by atoms with van der Waals surface area (Å²) >= 11 is 0. The van der Waals surface area contributed by atoms with Gasteiger partial charge in [-0.15, -0.1) is 0 Å². The molecule has 0 fully saturated rings. The van der Waals surface area contributed by atoms with Crippen molar-refractivity contribution in [3.63, 3.8) is 0 Å². The molecular formula is C22H24N4O. The third kappa shape index (κ3) is 3.51. The zero-order valence-corrected chi connectivity index (χ0v) is 16.2. The van der Waals surface area contributed by atoms with Crippen molar-refractivity contribution in [1.29, 1.82) is 0 Å². The first kappa shape index (κ1) is 17.5. The maximum atomic E-state index is 6.09. The average Bonchev–Trinajstić information content (AvgIpc) is 3.20. The Labute approximate surface area is 159 Å². The number of furan rings is 1. The van der Waals surface area contributed by atoms with Crippen molar-refractivity contribution in [3.05, 3.63) is 71.1 Å². The summed E-state index contributed by atoms with van der Waals surface area (Å²) in [4.78, 5) is 6.87. The third-order valence-corrected chi connectivity index (χ3v) is 4.57. The monoisotopic (exact) mass is 360 g/mol. The van der Waals surface area contributed by atoms with Crippen molar-refractivity contribution in [3.8, 4) is 11.5 Å². The molecule has 138 valence electrons. The summed E-state index contributed by atoms with van der Waals surface area (Å²) in [6.45, 7) is 5.57. The number of hydrogen-bond donors (Lipinski definition) is 0. The lowest BCUT2D eigenvalue weighted by molar-refractivity contribution is 0.353. The highest BCUT2D eigenvalue weighted by molar-refractivity contribution is 5.92. The first-order valence-corrected chi connectivity index (χ1v) is 9.14. The van der Waals surface area contributed by atoms with Crippen molar-refractivity contribution in [2.24, 2.45) is 0 Å². The molecule has 0 aliphatic carbocycles. The molecule has 27 heavy (non-hydrogen) atoms. The Bertz CT molecular complexity index is 1080. The van der Waals surface area contributed by atoms with Crippen LogP contribution in [0, 0.1) is 13.8 Å². The van der Waals surface area contributed by atoms with Crippen LogP contribution in [0.15, 0.2) is 52.9 Å². The summed E-state index contributed by atoms with van der Waals surface area (Å²) in [7, 11) is 4.06. The van der Waals surface area contributed by atoms with E-state index in [9.17, 15) is 0 Å². The second kappa shape index (κ2) is 7.00. The minimum atomic E-state index is 0.679. The van der Waals surface area contributed by atoms with Gasteiger partial charge < -0.3 is 9.32 Å². The number of benzene rings is 1. The molecule has 5 heteroatoms. The van der Waals surface area contributed by atoms with Crippen LogP contribution in [0.5, 0.6) is 0 Å². The second-order valence-electron chi connectivity index (χ2n) is 7.27. The van der Waals surface area contributed by atoms with E-state index < -0.39 is 0 Å². The molecule has 0 aliphatic heterocycles. The van der Waals surface area contributed by atoms with E-state index in [4.69, 9.17) is 14.5 Å². The summed E-state index contributed by atoms with van der Waals surface area (Å²) in [6.07, 6.45) is 0. The van der Waals surface area contributed by atoms with Crippen LogP contribution in [0.3, 0.4) is 0 Å². The fraction of sp³-hybridized carbons (Fsp3) is 0.273. The Morgan fingerprint density at radius 3 is 2.56 bits per heavy atom. The number of rotatable bonds is 5. The van der Waals surface area contributed by atoms with E-state index >= 15 is 0 Å². The maximum Gasteiger partial charge on any atom is 0.159 e. The highest BCUT2D eigenvalue weighted by atomic mass is 16.3. The molecule has 0 radical (unpaired) electrons. The van der Waals surface area contributed by atoms with Gasteiger partial charge in [-0.05, 0) is 57.3 Å². The summed E-state index contributed by atoms with van der Waals surface area (Å²) in [6, 6.07) is 16.5. The molecule has 0 aliphatic rings. The zero-order chi connectivity index (χ0) is 19.0. The van der Waals surface area contributed by atoms with E-state index in [-0.39, 0.29) is 0 Å². The van der Waals surface area contributed by atoms with Crippen LogP contribution in [-0.4, -0.2) is 33.8 Å². The Balaban J connectivity index is 1.84. The smallest absolute Gasteiger partial charge is 0.159 e. The van der Waals surface area contributed by atoms with Gasteiger partial charge in [0.1, 0.15) is 11.5 Å². The van der Waals surface area contributed by atoms with E-state index in [0.29, 0.717) is 6.54 Å². The van der Waals surface area contributed by atoms with Crippen LogP contribution in [0.4, 0.5) is 0 Å². The van der Waals surface area contributed by atoms with Crippen molar-refractivity contribution in [2.75, 3.05) is 14.1 Å². The van der Waals surface area contributed by atoms with Gasteiger partial charge in [0.25, 0.3) is 0 Å². The molecule has 5 nitrogen and oxygen atoms in total. The topological polar surface area (TPSA) is 47.1 Å². The van der Waals surface area contributed by atoms with Gasteiger partial charge in [0, 0.05) is 5.69 Å². The minimum absolute atomic E-state index is 0.679. The minimum Gasteiger partial charge on any atom is -0.458 e. The Morgan fingerprint density at radius 2 is 1.81 bits per heavy atom. The van der Waals surface area contributed by atoms with Crippen LogP contribution < -0.4 is 0 Å². The van der Waals surface area contributed by atoms with E-state index in [1.54, 1.807) is 0 Å². The highest BCUT2D eigenvalue weighted by Gasteiger charge is 2.19. The number of hydrogen-bond acceptors (Lipinski definition) is 4. The average molecular weight is 360 g/mol. The number of aryl methyl sites for hydroxylation is 2. The van der Waals surface area contributed by atoms with Crippen molar-refractivity contribution in [2.45, 2.75) is 26.9 Å². The van der Waals surface area contributed by atoms with E-state index in [2.05, 4.69) is 30.0 Å². The molecule has 1 aromatic carbocycles. The fourth-order valence-electron chi connectivity index (χ4n) is 3.46. The van der Waals surface area contributed by atoms with Gasteiger partial charge in [-0.25, -0.2) is 9.67 Å². The summed E-state index contributed by atoms with van der Waals surface area (Å²) < 4.78 is 8.07. The van der Waals surface area contributed by atoms with E-state index in [1.807, 2.05) is 56.0 Å². The molecule has 0 amide bonds. The molecule has 4 aromatic rings. The Kier molecular flexibility index (Phi) is 4.54. The fourth-order valence-corrected chi connectivity index (χ4v) is 3.46. The predicted octanol–water partition coefficient (Wildman–Crippen LogP) is 4.42. The van der Waals surface area contributed by atoms with Gasteiger partial charge in [-0.2, -0.15) is 5.10 Å². The molecule has 0 saturated heterocycles. The summed E-state index contributed by atoms with van der Waals surface area (Å²) in [5, 5.41) is 5.95. The molecule has 4 rings (SSSR count). The third-order valence-electron chi connectivity index (χ3n) is 4.57. The van der Waals surface area contributed by atoms with Gasteiger partial charge in [0.2, 0.25) is 0 Å². The van der Waals surface area contributed by atoms with E-state index in [0.717, 1.165) is 46.0 Å². The second-order valence-corrected chi connectivity index (χ2v) is 7.27. The Morgan fingerprint density at radius 1 is 1.04 bits per heavy atom. The molecule has 3 aromatic heterocycles.